The van der Waals surface area contributed by atoms with Gasteiger partial charge in [0, 0.05) is 37.4 Å². The van der Waals surface area contributed by atoms with Gasteiger partial charge in [-0.15, -0.1) is 0 Å². The molecular weight excluding hydrogens is 460 g/mol. The molecule has 11 nitrogen and oxygen atoms in total. The van der Waals surface area contributed by atoms with Crippen LogP contribution in [-0.4, -0.2) is 73.5 Å². The second-order valence-corrected chi connectivity index (χ2v) is 8.67. The monoisotopic (exact) mass is 502 g/mol. The lowest BCUT2D eigenvalue weighted by Crippen LogP contribution is -2.27. The molecule has 0 aliphatic heterocycles. The third-order valence-electron chi connectivity index (χ3n) is 5.00. The van der Waals surface area contributed by atoms with Crippen molar-refractivity contribution in [3.63, 3.8) is 0 Å². The van der Waals surface area contributed by atoms with Gasteiger partial charge < -0.3 is 36.5 Å². The number of aromatic nitrogens is 3. The molecule has 0 fully saturated rings. The van der Waals surface area contributed by atoms with E-state index >= 15 is 0 Å². The summed E-state index contributed by atoms with van der Waals surface area (Å²) < 4.78 is 10.7. The van der Waals surface area contributed by atoms with Crippen molar-refractivity contribution < 1.29 is 14.3 Å². The number of carbonyl (C=O) groups is 1. The van der Waals surface area contributed by atoms with Gasteiger partial charge in [-0.1, -0.05) is 33.3 Å². The van der Waals surface area contributed by atoms with Crippen LogP contribution < -0.4 is 27.0 Å². The van der Waals surface area contributed by atoms with Gasteiger partial charge in [-0.25, -0.2) is 0 Å². The Hall–Kier alpha value is -3.02. The molecule has 11 heteroatoms. The van der Waals surface area contributed by atoms with Crippen LogP contribution in [0.15, 0.2) is 24.3 Å². The summed E-state index contributed by atoms with van der Waals surface area (Å²) in [5.74, 6) is 1.81. The van der Waals surface area contributed by atoms with Crippen molar-refractivity contribution in [3.8, 4) is 0 Å². The van der Waals surface area contributed by atoms with E-state index < -0.39 is 0 Å². The first-order chi connectivity index (χ1) is 17.5. The van der Waals surface area contributed by atoms with Gasteiger partial charge in [0.1, 0.15) is 0 Å². The molecule has 1 heterocycles. The summed E-state index contributed by atoms with van der Waals surface area (Å²) in [4.78, 5) is 26.0. The third kappa shape index (κ3) is 12.1. The average molecular weight is 503 g/mol. The Bertz CT molecular complexity index is 897. The number of carbonyl (C=O) groups excluding carboxylic acids is 1. The van der Waals surface area contributed by atoms with Crippen LogP contribution in [0.2, 0.25) is 0 Å². The Morgan fingerprint density at radius 3 is 2.33 bits per heavy atom. The van der Waals surface area contributed by atoms with Gasteiger partial charge >= 0.3 is 0 Å². The highest BCUT2D eigenvalue weighted by molar-refractivity contribution is 5.95. The van der Waals surface area contributed by atoms with Gasteiger partial charge in [0.15, 0.2) is 0 Å². The molecule has 1 aromatic carbocycles. The van der Waals surface area contributed by atoms with E-state index in [1.54, 1.807) is 12.1 Å². The lowest BCUT2D eigenvalue weighted by atomic mass is 10.1. The Morgan fingerprint density at radius 1 is 0.944 bits per heavy atom. The van der Waals surface area contributed by atoms with Crippen molar-refractivity contribution in [2.45, 2.75) is 40.0 Å². The number of anilines is 4. The quantitative estimate of drug-likeness (QED) is 0.182. The maximum Gasteiger partial charge on any atom is 0.251 e. The number of amides is 1. The number of nitrogens with zero attached hydrogens (tertiary/aromatic N) is 3. The highest BCUT2D eigenvalue weighted by Crippen LogP contribution is 2.18. The Morgan fingerprint density at radius 2 is 1.64 bits per heavy atom. The van der Waals surface area contributed by atoms with Gasteiger partial charge in [0.05, 0.1) is 26.4 Å². The largest absolute Gasteiger partial charge is 0.378 e. The minimum Gasteiger partial charge on any atom is -0.378 e. The average Bonchev–Trinajstić information content (AvgIpc) is 2.85. The van der Waals surface area contributed by atoms with E-state index in [1.807, 2.05) is 12.1 Å². The predicted molar refractivity (Wildman–Crippen MR) is 144 cm³/mol. The first kappa shape index (κ1) is 29.2. The van der Waals surface area contributed by atoms with Gasteiger partial charge in [-0.2, -0.15) is 15.0 Å². The van der Waals surface area contributed by atoms with Crippen molar-refractivity contribution in [1.82, 2.24) is 20.3 Å². The topological polar surface area (TPSA) is 148 Å². The Kier molecular flexibility index (Phi) is 14.1. The number of hydrogen-bond acceptors (Lipinski definition) is 10. The fourth-order valence-corrected chi connectivity index (χ4v) is 3.05. The molecule has 0 saturated carbocycles. The van der Waals surface area contributed by atoms with Crippen LogP contribution in [0.5, 0.6) is 0 Å². The molecule has 2 rings (SSSR count). The van der Waals surface area contributed by atoms with Crippen molar-refractivity contribution in [2.24, 2.45) is 11.7 Å². The first-order valence-corrected chi connectivity index (χ1v) is 12.8. The molecule has 36 heavy (non-hydrogen) atoms. The zero-order valence-corrected chi connectivity index (χ0v) is 21.8. The SMILES string of the molecule is CCCCNc1nc(NCCC(C)C)nc(Nc2cccc(C(=O)NCCOCCOCCN)c2)n1. The first-order valence-electron chi connectivity index (χ1n) is 12.8. The van der Waals surface area contributed by atoms with E-state index in [1.165, 1.54) is 0 Å². The van der Waals surface area contributed by atoms with Gasteiger partial charge in [-0.3, -0.25) is 4.79 Å². The van der Waals surface area contributed by atoms with Crippen molar-refractivity contribution in [2.75, 3.05) is 68.6 Å². The lowest BCUT2D eigenvalue weighted by Gasteiger charge is -2.12. The number of ether oxygens (including phenoxy) is 2. The number of unbranched alkanes of at least 4 members (excludes halogenated alkanes) is 1. The third-order valence-corrected chi connectivity index (χ3v) is 5.00. The number of nitrogens with two attached hydrogens (primary N) is 1. The zero-order chi connectivity index (χ0) is 26.0. The summed E-state index contributed by atoms with van der Waals surface area (Å²) in [6.07, 6.45) is 3.11. The predicted octanol–water partition coefficient (Wildman–Crippen LogP) is 3.01. The van der Waals surface area contributed by atoms with Crippen LogP contribution in [0.25, 0.3) is 0 Å². The standard InChI is InChI=1S/C25H42N8O3/c1-4-5-11-28-23-31-24(29-12-9-19(2)3)33-25(32-23)30-21-8-6-7-20(18-21)22(34)27-13-15-36-17-16-35-14-10-26/h6-8,18-19H,4-5,9-17,26H2,1-3H3,(H,27,34)(H3,28,29,30,31,32,33). The number of hydrogen-bond donors (Lipinski definition) is 5. The van der Waals surface area contributed by atoms with Crippen LogP contribution >= 0.6 is 0 Å². The molecule has 0 saturated heterocycles. The van der Waals surface area contributed by atoms with Crippen LogP contribution in [0.4, 0.5) is 23.5 Å². The molecule has 0 atom stereocenters. The van der Waals surface area contributed by atoms with E-state index in [-0.39, 0.29) is 5.91 Å². The number of rotatable bonds is 19. The van der Waals surface area contributed by atoms with Crippen molar-refractivity contribution in [1.29, 1.82) is 0 Å². The highest BCUT2D eigenvalue weighted by atomic mass is 16.5. The minimum absolute atomic E-state index is 0.185. The maximum atomic E-state index is 12.6. The molecule has 200 valence electrons. The van der Waals surface area contributed by atoms with Crippen molar-refractivity contribution in [3.05, 3.63) is 29.8 Å². The molecule has 0 bridgehead atoms. The molecular formula is C25H42N8O3. The van der Waals surface area contributed by atoms with E-state index in [4.69, 9.17) is 15.2 Å². The van der Waals surface area contributed by atoms with Crippen molar-refractivity contribution >= 4 is 29.4 Å². The molecule has 2 aromatic rings. The van der Waals surface area contributed by atoms with E-state index in [2.05, 4.69) is 57.0 Å². The highest BCUT2D eigenvalue weighted by Gasteiger charge is 2.10. The van der Waals surface area contributed by atoms with Crippen LogP contribution in [0.3, 0.4) is 0 Å². The van der Waals surface area contributed by atoms with Crippen LogP contribution in [0.1, 0.15) is 50.4 Å². The zero-order valence-electron chi connectivity index (χ0n) is 21.8. The van der Waals surface area contributed by atoms with E-state index in [0.29, 0.717) is 74.5 Å². The molecule has 0 unspecified atom stereocenters. The van der Waals surface area contributed by atoms with Gasteiger partial charge in [-0.05, 0) is 37.0 Å². The van der Waals surface area contributed by atoms with Crippen LogP contribution in [0, 0.1) is 5.92 Å². The van der Waals surface area contributed by atoms with Gasteiger partial charge in [0.2, 0.25) is 17.8 Å². The smallest absolute Gasteiger partial charge is 0.251 e. The molecule has 0 radical (unpaired) electrons. The lowest BCUT2D eigenvalue weighted by molar-refractivity contribution is 0.0511. The molecule has 6 N–H and O–H groups in total. The minimum atomic E-state index is -0.185. The van der Waals surface area contributed by atoms with E-state index in [9.17, 15) is 4.79 Å². The summed E-state index contributed by atoms with van der Waals surface area (Å²) in [5.41, 5.74) is 6.59. The second-order valence-electron chi connectivity index (χ2n) is 8.67. The second kappa shape index (κ2) is 17.4. The van der Waals surface area contributed by atoms with Gasteiger partial charge in [0.25, 0.3) is 5.91 Å². The molecule has 1 amide bonds. The summed E-state index contributed by atoms with van der Waals surface area (Å²) in [7, 11) is 0. The normalized spacial score (nSPS) is 10.9. The summed E-state index contributed by atoms with van der Waals surface area (Å²) in [5, 5.41) is 12.6. The maximum absolute atomic E-state index is 12.6. The molecule has 0 aliphatic carbocycles. The fraction of sp³-hybridized carbons (Fsp3) is 0.600. The summed E-state index contributed by atoms with van der Waals surface area (Å²) >= 11 is 0. The molecule has 0 spiro atoms. The molecule has 0 aliphatic rings. The fourth-order valence-electron chi connectivity index (χ4n) is 3.05. The Labute approximate surface area is 214 Å². The van der Waals surface area contributed by atoms with E-state index in [0.717, 1.165) is 32.4 Å². The Balaban J connectivity index is 1.95. The number of nitrogens with one attached hydrogen (secondary N) is 4. The summed E-state index contributed by atoms with van der Waals surface area (Å²) in [6, 6.07) is 7.19. The summed E-state index contributed by atoms with van der Waals surface area (Å²) in [6.45, 7) is 10.8. The number of benzene rings is 1. The van der Waals surface area contributed by atoms with Crippen LogP contribution in [-0.2, 0) is 9.47 Å². The molecule has 1 aromatic heterocycles.